The average molecular weight is 483 g/mol. The fraction of sp³-hybridized carbons (Fsp3) is 0.556. The maximum Gasteiger partial charge on any atom is 0.409 e. The summed E-state index contributed by atoms with van der Waals surface area (Å²) in [6.07, 6.45) is 8.35. The van der Waals surface area contributed by atoms with E-state index in [-0.39, 0.29) is 6.09 Å². The Hall–Kier alpha value is -3.00. The molecule has 1 aliphatic heterocycles. The lowest BCUT2D eigenvalue weighted by molar-refractivity contribution is 0.105. The zero-order chi connectivity index (χ0) is 24.6. The lowest BCUT2D eigenvalue weighted by atomic mass is 9.97. The van der Waals surface area contributed by atoms with E-state index in [1.54, 1.807) is 24.7 Å². The van der Waals surface area contributed by atoms with Gasteiger partial charge in [0.15, 0.2) is 11.5 Å². The van der Waals surface area contributed by atoms with Crippen molar-refractivity contribution in [2.24, 2.45) is 0 Å². The van der Waals surface area contributed by atoms with Gasteiger partial charge in [0.1, 0.15) is 5.82 Å². The minimum Gasteiger partial charge on any atom is -0.493 e. The number of carbonyl (C=O) groups excluding carboxylic acids is 1. The van der Waals surface area contributed by atoms with Gasteiger partial charge in [0.05, 0.1) is 26.3 Å². The van der Waals surface area contributed by atoms with E-state index < -0.39 is 0 Å². The smallest absolute Gasteiger partial charge is 0.409 e. The highest BCUT2D eigenvalue weighted by Crippen LogP contribution is 2.34. The molecule has 0 spiro atoms. The predicted molar refractivity (Wildman–Crippen MR) is 139 cm³/mol. The Bertz CT molecular complexity index is 1050. The number of ether oxygens (including phenoxy) is 3. The molecule has 0 saturated carbocycles. The topological polar surface area (TPSA) is 76.2 Å². The monoisotopic (exact) mass is 482 g/mol. The van der Waals surface area contributed by atoms with Gasteiger partial charge < -0.3 is 29.3 Å². The molecule has 8 heteroatoms. The number of pyridine rings is 1. The van der Waals surface area contributed by atoms with Crippen LogP contribution in [0.5, 0.6) is 11.5 Å². The largest absolute Gasteiger partial charge is 0.493 e. The van der Waals surface area contributed by atoms with Gasteiger partial charge in [0, 0.05) is 49.7 Å². The van der Waals surface area contributed by atoms with Crippen LogP contribution in [0.15, 0.2) is 29.8 Å². The number of allylic oxidation sites excluding steroid dienone is 1. The Morgan fingerprint density at radius 3 is 2.51 bits per heavy atom. The summed E-state index contributed by atoms with van der Waals surface area (Å²) < 4.78 is 16.2. The number of nitrogens with zero attached hydrogens (tertiary/aromatic N) is 3. The van der Waals surface area contributed by atoms with E-state index in [2.05, 4.69) is 22.4 Å². The van der Waals surface area contributed by atoms with Gasteiger partial charge >= 0.3 is 6.09 Å². The number of benzene rings is 1. The van der Waals surface area contributed by atoms with Crippen molar-refractivity contribution in [3.63, 3.8) is 0 Å². The summed E-state index contributed by atoms with van der Waals surface area (Å²) in [6.45, 7) is 6.57. The third-order valence-corrected chi connectivity index (χ3v) is 6.80. The van der Waals surface area contributed by atoms with Crippen LogP contribution in [0, 0.1) is 0 Å². The molecule has 1 aromatic heterocycles. The van der Waals surface area contributed by atoms with E-state index in [0.717, 1.165) is 41.8 Å². The van der Waals surface area contributed by atoms with Crippen molar-refractivity contribution in [2.75, 3.05) is 58.5 Å². The first-order chi connectivity index (χ1) is 17.1. The van der Waals surface area contributed by atoms with Crippen LogP contribution in [-0.2, 0) is 11.3 Å². The molecule has 2 aromatic rings. The Balaban J connectivity index is 1.54. The van der Waals surface area contributed by atoms with Crippen LogP contribution in [-0.4, -0.2) is 69.5 Å². The van der Waals surface area contributed by atoms with E-state index in [4.69, 9.17) is 19.2 Å². The zero-order valence-electron chi connectivity index (χ0n) is 21.3. The van der Waals surface area contributed by atoms with Crippen molar-refractivity contribution < 1.29 is 19.0 Å². The minimum atomic E-state index is -0.241. The number of rotatable bonds is 9. The molecule has 1 aliphatic carbocycles. The molecule has 0 bridgehead atoms. The number of aromatic nitrogens is 1. The van der Waals surface area contributed by atoms with Crippen molar-refractivity contribution in [2.45, 2.75) is 45.6 Å². The normalized spacial score (nSPS) is 16.3. The average Bonchev–Trinajstić information content (AvgIpc) is 2.90. The molecule has 1 N–H and O–H groups in total. The van der Waals surface area contributed by atoms with Crippen molar-refractivity contribution in [1.82, 2.24) is 15.2 Å². The molecule has 2 heterocycles. The van der Waals surface area contributed by atoms with E-state index >= 15 is 0 Å². The maximum atomic E-state index is 12.1. The van der Waals surface area contributed by atoms with Crippen LogP contribution in [0.3, 0.4) is 0 Å². The fourth-order valence-corrected chi connectivity index (χ4v) is 4.86. The number of piperazine rings is 1. The Labute approximate surface area is 208 Å². The molecule has 1 amide bonds. The minimum absolute atomic E-state index is 0.241. The molecule has 35 heavy (non-hydrogen) atoms. The molecule has 190 valence electrons. The summed E-state index contributed by atoms with van der Waals surface area (Å²) >= 11 is 0. The number of methoxy groups -OCH3 is 2. The van der Waals surface area contributed by atoms with E-state index in [9.17, 15) is 4.79 Å². The van der Waals surface area contributed by atoms with Gasteiger partial charge in [0.25, 0.3) is 0 Å². The molecule has 4 rings (SSSR count). The van der Waals surface area contributed by atoms with E-state index in [1.807, 2.05) is 19.1 Å². The van der Waals surface area contributed by atoms with Gasteiger partial charge in [-0.2, -0.15) is 0 Å². The van der Waals surface area contributed by atoms with Gasteiger partial charge in [-0.3, -0.25) is 0 Å². The molecule has 1 fully saturated rings. The number of hydrogen-bond donors (Lipinski definition) is 1. The van der Waals surface area contributed by atoms with Crippen molar-refractivity contribution in [3.8, 4) is 11.5 Å². The first-order valence-electron chi connectivity index (χ1n) is 12.7. The van der Waals surface area contributed by atoms with Gasteiger partial charge in [-0.15, -0.1) is 0 Å². The van der Waals surface area contributed by atoms with Gasteiger partial charge in [0.2, 0.25) is 0 Å². The highest BCUT2D eigenvalue weighted by atomic mass is 16.6. The Morgan fingerprint density at radius 2 is 1.83 bits per heavy atom. The second-order valence-corrected chi connectivity index (χ2v) is 9.08. The van der Waals surface area contributed by atoms with Gasteiger partial charge in [-0.25, -0.2) is 9.78 Å². The van der Waals surface area contributed by atoms with Crippen LogP contribution in [0.25, 0.3) is 10.9 Å². The summed E-state index contributed by atoms with van der Waals surface area (Å²) in [5.41, 5.74) is 3.58. The highest BCUT2D eigenvalue weighted by Gasteiger charge is 2.25. The van der Waals surface area contributed by atoms with Crippen molar-refractivity contribution >= 4 is 22.8 Å². The molecular formula is C27H38N4O4. The third-order valence-electron chi connectivity index (χ3n) is 6.80. The van der Waals surface area contributed by atoms with Crippen molar-refractivity contribution in [3.05, 3.63) is 35.4 Å². The lowest BCUT2D eigenvalue weighted by Gasteiger charge is -2.35. The Morgan fingerprint density at radius 1 is 1.06 bits per heavy atom. The number of nitrogens with one attached hydrogen (secondary N) is 1. The van der Waals surface area contributed by atoms with Crippen LogP contribution < -0.4 is 19.7 Å². The number of anilines is 1. The Kier molecular flexibility index (Phi) is 8.69. The molecule has 0 atom stereocenters. The summed E-state index contributed by atoms with van der Waals surface area (Å²) in [5.74, 6) is 2.32. The molecule has 0 unspecified atom stereocenters. The van der Waals surface area contributed by atoms with Crippen LogP contribution in [0.4, 0.5) is 10.6 Å². The van der Waals surface area contributed by atoms with Crippen LogP contribution in [0.1, 0.15) is 44.6 Å². The lowest BCUT2D eigenvalue weighted by Crippen LogP contribution is -2.49. The molecule has 8 nitrogen and oxygen atoms in total. The molecule has 0 radical (unpaired) electrons. The van der Waals surface area contributed by atoms with Crippen molar-refractivity contribution in [1.29, 1.82) is 0 Å². The summed E-state index contributed by atoms with van der Waals surface area (Å²) in [4.78, 5) is 21.2. The SMILES string of the molecule is CCOC(=O)N1CCN(c2nc3cc(OC)c(OC)cc3cc2CNCCC2=CCCCC2)CC1. The quantitative estimate of drug-likeness (QED) is 0.416. The third kappa shape index (κ3) is 6.17. The van der Waals surface area contributed by atoms with Gasteiger partial charge in [-0.05, 0) is 57.7 Å². The zero-order valence-corrected chi connectivity index (χ0v) is 21.3. The highest BCUT2D eigenvalue weighted by molar-refractivity contribution is 5.85. The van der Waals surface area contributed by atoms with Crippen LogP contribution >= 0.6 is 0 Å². The second kappa shape index (κ2) is 12.1. The van der Waals surface area contributed by atoms with E-state index in [0.29, 0.717) is 44.3 Å². The molecule has 1 saturated heterocycles. The summed E-state index contributed by atoms with van der Waals surface area (Å²) in [5, 5.41) is 4.66. The van der Waals surface area contributed by atoms with Crippen LogP contribution in [0.2, 0.25) is 0 Å². The summed E-state index contributed by atoms with van der Waals surface area (Å²) in [7, 11) is 3.29. The number of amides is 1. The van der Waals surface area contributed by atoms with E-state index in [1.165, 1.54) is 25.7 Å². The number of fused-ring (bicyclic) bond motifs is 1. The number of carbonyl (C=O) groups is 1. The summed E-state index contributed by atoms with van der Waals surface area (Å²) in [6, 6.07) is 6.11. The molecular weight excluding hydrogens is 444 g/mol. The van der Waals surface area contributed by atoms with Gasteiger partial charge in [-0.1, -0.05) is 11.6 Å². The second-order valence-electron chi connectivity index (χ2n) is 9.08. The maximum absolute atomic E-state index is 12.1. The molecule has 2 aliphatic rings. The predicted octanol–water partition coefficient (Wildman–Crippen LogP) is 4.51. The first kappa shape index (κ1) is 25.1. The fourth-order valence-electron chi connectivity index (χ4n) is 4.86. The molecule has 1 aromatic carbocycles. The standard InChI is InChI=1S/C27H38N4O4/c1-4-35-27(32)31-14-12-30(13-15-31)26-22(19-28-11-10-20-8-6-5-7-9-20)16-21-17-24(33-2)25(34-3)18-23(21)29-26/h8,16-18,28H,4-7,9-15,19H2,1-3H3. The first-order valence-corrected chi connectivity index (χ1v) is 12.7. The number of hydrogen-bond acceptors (Lipinski definition) is 7.